The minimum absolute atomic E-state index is 0.0283. The van der Waals surface area contributed by atoms with E-state index in [1.165, 1.54) is 28.9 Å². The number of carbonyl (C=O) groups excluding carboxylic acids is 1. The molecular formula is C22H30FNO4S. The maximum absolute atomic E-state index is 14.0. The highest BCUT2D eigenvalue weighted by Gasteiger charge is 2.57. The highest BCUT2D eigenvalue weighted by Crippen LogP contribution is 2.61. The molecular weight excluding hydrogens is 393 g/mol. The van der Waals surface area contributed by atoms with Gasteiger partial charge < -0.3 is 4.74 Å². The fourth-order valence-corrected chi connectivity index (χ4v) is 7.16. The van der Waals surface area contributed by atoms with Gasteiger partial charge in [0.1, 0.15) is 16.8 Å². The van der Waals surface area contributed by atoms with Gasteiger partial charge in [0.2, 0.25) is 10.0 Å². The monoisotopic (exact) mass is 423 g/mol. The molecule has 0 spiro atoms. The van der Waals surface area contributed by atoms with Crippen molar-refractivity contribution in [3.8, 4) is 0 Å². The SMILES string of the molecule is C[C@@H]1[C@H]2C[C@H](C[C@H]1OC(=O)C1CCN(S(=O)(=O)c3ccccc3F)CC1)C2(C)C. The number of halogens is 1. The summed E-state index contributed by atoms with van der Waals surface area (Å²) < 4.78 is 46.6. The summed E-state index contributed by atoms with van der Waals surface area (Å²) in [5.41, 5.74) is 0.342. The van der Waals surface area contributed by atoms with Crippen LogP contribution in [0.15, 0.2) is 29.2 Å². The van der Waals surface area contributed by atoms with E-state index in [4.69, 9.17) is 4.74 Å². The molecule has 0 N–H and O–H groups in total. The molecule has 0 unspecified atom stereocenters. The van der Waals surface area contributed by atoms with E-state index in [2.05, 4.69) is 20.8 Å². The number of fused-ring (bicyclic) bond motifs is 2. The zero-order valence-corrected chi connectivity index (χ0v) is 18.1. The van der Waals surface area contributed by atoms with Gasteiger partial charge in [0.25, 0.3) is 0 Å². The molecule has 160 valence electrons. The minimum Gasteiger partial charge on any atom is -0.462 e. The van der Waals surface area contributed by atoms with Crippen molar-refractivity contribution < 1.29 is 22.3 Å². The lowest BCUT2D eigenvalue weighted by Crippen LogP contribution is -2.57. The van der Waals surface area contributed by atoms with Crippen molar-refractivity contribution in [2.45, 2.75) is 57.5 Å². The van der Waals surface area contributed by atoms with Crippen molar-refractivity contribution in [2.75, 3.05) is 13.1 Å². The van der Waals surface area contributed by atoms with E-state index in [0.29, 0.717) is 36.0 Å². The number of sulfonamides is 1. The maximum Gasteiger partial charge on any atom is 0.309 e. The predicted octanol–water partition coefficient (Wildman–Crippen LogP) is 3.84. The molecule has 5 rings (SSSR count). The zero-order valence-electron chi connectivity index (χ0n) is 17.3. The van der Waals surface area contributed by atoms with Crippen LogP contribution in [0.2, 0.25) is 0 Å². The van der Waals surface area contributed by atoms with Gasteiger partial charge in [-0.1, -0.05) is 32.9 Å². The molecule has 4 fully saturated rings. The van der Waals surface area contributed by atoms with Crippen LogP contribution in [-0.4, -0.2) is 37.9 Å². The van der Waals surface area contributed by atoms with Crippen LogP contribution >= 0.6 is 0 Å². The van der Waals surface area contributed by atoms with Crippen molar-refractivity contribution in [3.63, 3.8) is 0 Å². The van der Waals surface area contributed by atoms with Crippen LogP contribution in [0.1, 0.15) is 46.5 Å². The van der Waals surface area contributed by atoms with Crippen LogP contribution in [0.4, 0.5) is 4.39 Å². The molecule has 1 aromatic rings. The van der Waals surface area contributed by atoms with Gasteiger partial charge in [-0.15, -0.1) is 0 Å². The Hall–Kier alpha value is -1.47. The van der Waals surface area contributed by atoms with Crippen molar-refractivity contribution >= 4 is 16.0 Å². The molecule has 7 heteroatoms. The zero-order chi connectivity index (χ0) is 21.0. The lowest BCUT2D eigenvalue weighted by atomic mass is 9.45. The van der Waals surface area contributed by atoms with Gasteiger partial charge in [0.05, 0.1) is 5.92 Å². The second-order valence-electron chi connectivity index (χ2n) is 9.54. The average Bonchev–Trinajstić information content (AvgIpc) is 2.69. The number of esters is 1. The summed E-state index contributed by atoms with van der Waals surface area (Å²) in [4.78, 5) is 12.4. The summed E-state index contributed by atoms with van der Waals surface area (Å²) in [5.74, 6) is 0.341. The van der Waals surface area contributed by atoms with E-state index in [1.54, 1.807) is 0 Å². The molecule has 5 nitrogen and oxygen atoms in total. The molecule has 1 heterocycles. The number of nitrogens with zero attached hydrogens (tertiary/aromatic N) is 1. The Kier molecular flexibility index (Phi) is 5.26. The maximum atomic E-state index is 14.0. The second-order valence-corrected chi connectivity index (χ2v) is 11.4. The number of rotatable bonds is 4. The predicted molar refractivity (Wildman–Crippen MR) is 107 cm³/mol. The molecule has 4 aliphatic rings. The van der Waals surface area contributed by atoms with Crippen LogP contribution in [0, 0.1) is 34.9 Å². The first kappa shape index (κ1) is 20.8. The Morgan fingerprint density at radius 2 is 1.83 bits per heavy atom. The first-order valence-corrected chi connectivity index (χ1v) is 12.0. The van der Waals surface area contributed by atoms with E-state index in [9.17, 15) is 17.6 Å². The summed E-state index contributed by atoms with van der Waals surface area (Å²) in [6, 6.07) is 5.40. The van der Waals surface area contributed by atoms with E-state index in [-0.39, 0.29) is 36.0 Å². The van der Waals surface area contributed by atoms with Crippen LogP contribution in [0.5, 0.6) is 0 Å². The normalized spacial score (nSPS) is 32.4. The molecule has 0 radical (unpaired) electrons. The number of hydrogen-bond donors (Lipinski definition) is 0. The third kappa shape index (κ3) is 3.50. The fraction of sp³-hybridized carbons (Fsp3) is 0.682. The smallest absolute Gasteiger partial charge is 0.309 e. The van der Waals surface area contributed by atoms with Gasteiger partial charge in [-0.05, 0) is 61.0 Å². The number of piperidine rings is 1. The van der Waals surface area contributed by atoms with Crippen molar-refractivity contribution in [1.29, 1.82) is 0 Å². The van der Waals surface area contributed by atoms with E-state index in [0.717, 1.165) is 12.5 Å². The highest BCUT2D eigenvalue weighted by molar-refractivity contribution is 7.89. The van der Waals surface area contributed by atoms with Crippen molar-refractivity contribution in [2.24, 2.45) is 29.1 Å². The Bertz CT molecular complexity index is 892. The number of hydrogen-bond acceptors (Lipinski definition) is 4. The lowest BCUT2D eigenvalue weighted by Gasteiger charge is -2.61. The third-order valence-corrected chi connectivity index (χ3v) is 9.73. The Morgan fingerprint density at radius 3 is 2.41 bits per heavy atom. The van der Waals surface area contributed by atoms with Gasteiger partial charge in [-0.3, -0.25) is 4.79 Å². The molecule has 29 heavy (non-hydrogen) atoms. The number of benzene rings is 1. The summed E-state index contributed by atoms with van der Waals surface area (Å²) >= 11 is 0. The van der Waals surface area contributed by atoms with E-state index >= 15 is 0 Å². The number of carbonyl (C=O) groups is 1. The molecule has 4 atom stereocenters. The Labute approximate surface area is 172 Å². The summed E-state index contributed by atoms with van der Waals surface area (Å²) in [5, 5.41) is 0. The van der Waals surface area contributed by atoms with Gasteiger partial charge in [-0.2, -0.15) is 4.31 Å². The van der Waals surface area contributed by atoms with Crippen LogP contribution < -0.4 is 0 Å². The van der Waals surface area contributed by atoms with Crippen molar-refractivity contribution in [3.05, 3.63) is 30.1 Å². The highest BCUT2D eigenvalue weighted by atomic mass is 32.2. The molecule has 0 aromatic heterocycles. The quantitative estimate of drug-likeness (QED) is 0.691. The Morgan fingerprint density at radius 1 is 1.17 bits per heavy atom. The molecule has 1 saturated heterocycles. The first-order valence-electron chi connectivity index (χ1n) is 10.6. The minimum atomic E-state index is -3.89. The molecule has 1 aliphatic heterocycles. The van der Waals surface area contributed by atoms with Crippen LogP contribution in [0.3, 0.4) is 0 Å². The first-order chi connectivity index (χ1) is 13.6. The third-order valence-electron chi connectivity index (χ3n) is 7.79. The second kappa shape index (κ2) is 7.34. The van der Waals surface area contributed by atoms with Crippen LogP contribution in [-0.2, 0) is 19.6 Å². The molecule has 3 saturated carbocycles. The summed E-state index contributed by atoms with van der Waals surface area (Å²) in [6.07, 6.45) is 2.95. The average molecular weight is 424 g/mol. The lowest BCUT2D eigenvalue weighted by molar-refractivity contribution is -0.190. The van der Waals surface area contributed by atoms with Gasteiger partial charge in [0.15, 0.2) is 0 Å². The summed E-state index contributed by atoms with van der Waals surface area (Å²) in [6.45, 7) is 7.21. The van der Waals surface area contributed by atoms with Crippen molar-refractivity contribution in [1.82, 2.24) is 4.31 Å². The van der Waals surface area contributed by atoms with Gasteiger partial charge in [0, 0.05) is 13.1 Å². The molecule has 1 aromatic carbocycles. The topological polar surface area (TPSA) is 63.7 Å². The fourth-order valence-electron chi connectivity index (χ4n) is 5.63. The van der Waals surface area contributed by atoms with E-state index in [1.807, 2.05) is 0 Å². The molecule has 2 bridgehead atoms. The van der Waals surface area contributed by atoms with E-state index < -0.39 is 15.8 Å². The molecule has 0 amide bonds. The largest absolute Gasteiger partial charge is 0.462 e. The summed E-state index contributed by atoms with van der Waals surface area (Å²) in [7, 11) is -3.89. The standard InChI is InChI=1S/C22H30FNO4S/c1-14-17-12-16(22(17,2)3)13-19(14)28-21(25)15-8-10-24(11-9-15)29(26,27)20-7-5-4-6-18(20)23/h4-7,14-17,19H,8-13H2,1-3H3/t14-,16-,17-,19-/m1/s1. The van der Waals surface area contributed by atoms with Gasteiger partial charge in [-0.25, -0.2) is 12.8 Å². The van der Waals surface area contributed by atoms with Crippen LogP contribution in [0.25, 0.3) is 0 Å². The Balaban J connectivity index is 1.34. The number of ether oxygens (including phenoxy) is 1. The van der Waals surface area contributed by atoms with Gasteiger partial charge >= 0.3 is 5.97 Å². The molecule has 3 aliphatic carbocycles.